The summed E-state index contributed by atoms with van der Waals surface area (Å²) in [6.45, 7) is 2.49. The van der Waals surface area contributed by atoms with E-state index in [1.807, 2.05) is 37.3 Å². The Morgan fingerprint density at radius 2 is 2.05 bits per heavy atom. The van der Waals surface area contributed by atoms with E-state index in [0.29, 0.717) is 12.2 Å². The molecule has 0 aliphatic carbocycles. The first-order chi connectivity index (χ1) is 9.61. The van der Waals surface area contributed by atoms with Gasteiger partial charge in [-0.05, 0) is 30.2 Å². The van der Waals surface area contributed by atoms with E-state index in [1.54, 1.807) is 12.1 Å². The van der Waals surface area contributed by atoms with Crippen LogP contribution in [0.15, 0.2) is 42.5 Å². The van der Waals surface area contributed by atoms with Gasteiger partial charge in [0, 0.05) is 12.6 Å². The van der Waals surface area contributed by atoms with Crippen LogP contribution in [0.1, 0.15) is 16.7 Å². The van der Waals surface area contributed by atoms with E-state index in [-0.39, 0.29) is 11.3 Å². The second kappa shape index (κ2) is 5.85. The number of anilines is 1. The van der Waals surface area contributed by atoms with Gasteiger partial charge in [-0.25, -0.2) is 0 Å². The molecule has 2 aromatic carbocycles. The number of hydrogen-bond donors (Lipinski definition) is 1. The number of nitro benzene ring substituents is 1. The van der Waals surface area contributed by atoms with Crippen LogP contribution in [-0.2, 0) is 6.54 Å². The van der Waals surface area contributed by atoms with E-state index in [9.17, 15) is 10.1 Å². The topological polar surface area (TPSA) is 79.0 Å². The van der Waals surface area contributed by atoms with E-state index >= 15 is 0 Å². The minimum atomic E-state index is -0.485. The van der Waals surface area contributed by atoms with Gasteiger partial charge in [0.15, 0.2) is 0 Å². The van der Waals surface area contributed by atoms with Gasteiger partial charge in [-0.15, -0.1) is 0 Å². The molecule has 0 saturated carbocycles. The van der Waals surface area contributed by atoms with Crippen molar-refractivity contribution in [2.24, 2.45) is 0 Å². The van der Waals surface area contributed by atoms with Crippen LogP contribution < -0.4 is 5.32 Å². The predicted molar refractivity (Wildman–Crippen MR) is 76.3 cm³/mol. The number of aryl methyl sites for hydroxylation is 1. The Morgan fingerprint density at radius 3 is 2.70 bits per heavy atom. The van der Waals surface area contributed by atoms with Crippen molar-refractivity contribution in [3.05, 3.63) is 69.3 Å². The Kier molecular flexibility index (Phi) is 3.96. The molecule has 0 aromatic heterocycles. The quantitative estimate of drug-likeness (QED) is 0.680. The highest BCUT2D eigenvalue weighted by Gasteiger charge is 2.14. The molecule has 0 radical (unpaired) electrons. The van der Waals surface area contributed by atoms with Gasteiger partial charge in [0.2, 0.25) is 0 Å². The Balaban J connectivity index is 2.24. The first kappa shape index (κ1) is 13.6. The van der Waals surface area contributed by atoms with Crippen molar-refractivity contribution in [1.29, 1.82) is 5.26 Å². The molecule has 0 atom stereocenters. The lowest BCUT2D eigenvalue weighted by Gasteiger charge is -2.09. The van der Waals surface area contributed by atoms with Crippen molar-refractivity contribution >= 4 is 11.4 Å². The zero-order chi connectivity index (χ0) is 14.5. The number of benzene rings is 2. The molecule has 0 spiro atoms. The number of hydrogen-bond acceptors (Lipinski definition) is 4. The average Bonchev–Trinajstić information content (AvgIpc) is 2.46. The van der Waals surface area contributed by atoms with Crippen molar-refractivity contribution in [2.45, 2.75) is 13.5 Å². The Labute approximate surface area is 116 Å². The molecule has 2 rings (SSSR count). The standard InChI is InChI=1S/C15H13N3O2/c1-11-4-2-3-5-13(11)10-17-14-7-6-12(9-16)8-15(14)18(19)20/h2-8,17H,10H2,1H3. The van der Waals surface area contributed by atoms with Crippen LogP contribution in [0.25, 0.3) is 0 Å². The molecule has 2 aromatic rings. The zero-order valence-corrected chi connectivity index (χ0v) is 11.0. The smallest absolute Gasteiger partial charge is 0.293 e. The summed E-state index contributed by atoms with van der Waals surface area (Å²) >= 11 is 0. The normalized spacial score (nSPS) is 9.80. The van der Waals surface area contributed by atoms with E-state index in [4.69, 9.17) is 5.26 Å². The van der Waals surface area contributed by atoms with Crippen molar-refractivity contribution < 1.29 is 4.92 Å². The first-order valence-corrected chi connectivity index (χ1v) is 6.08. The monoisotopic (exact) mass is 267 g/mol. The summed E-state index contributed by atoms with van der Waals surface area (Å²) in [5.41, 5.74) is 2.80. The maximum atomic E-state index is 11.0. The first-order valence-electron chi connectivity index (χ1n) is 6.08. The Hall–Kier alpha value is -2.87. The maximum absolute atomic E-state index is 11.0. The number of nitriles is 1. The summed E-state index contributed by atoms with van der Waals surface area (Å²) in [5.74, 6) is 0. The van der Waals surface area contributed by atoms with Crippen LogP contribution in [-0.4, -0.2) is 4.92 Å². The van der Waals surface area contributed by atoms with Gasteiger partial charge >= 0.3 is 0 Å². The minimum Gasteiger partial charge on any atom is -0.375 e. The summed E-state index contributed by atoms with van der Waals surface area (Å²) in [5, 5.41) is 22.9. The van der Waals surface area contributed by atoms with E-state index < -0.39 is 4.92 Å². The summed E-state index contributed by atoms with van der Waals surface area (Å²) in [6.07, 6.45) is 0. The minimum absolute atomic E-state index is 0.0855. The molecular formula is C15H13N3O2. The molecule has 0 amide bonds. The Bertz CT molecular complexity index is 690. The Morgan fingerprint density at radius 1 is 1.30 bits per heavy atom. The number of nitrogens with one attached hydrogen (secondary N) is 1. The molecular weight excluding hydrogens is 254 g/mol. The van der Waals surface area contributed by atoms with Gasteiger partial charge in [0.05, 0.1) is 16.6 Å². The fourth-order valence-corrected chi connectivity index (χ4v) is 1.90. The molecule has 0 unspecified atom stereocenters. The van der Waals surface area contributed by atoms with Crippen molar-refractivity contribution in [2.75, 3.05) is 5.32 Å². The second-order valence-corrected chi connectivity index (χ2v) is 4.38. The number of rotatable bonds is 4. The molecule has 0 saturated heterocycles. The lowest BCUT2D eigenvalue weighted by molar-refractivity contribution is -0.384. The van der Waals surface area contributed by atoms with Crippen molar-refractivity contribution in [3.63, 3.8) is 0 Å². The van der Waals surface area contributed by atoms with Gasteiger partial charge in [-0.3, -0.25) is 10.1 Å². The number of nitrogens with zero attached hydrogens (tertiary/aromatic N) is 2. The van der Waals surface area contributed by atoms with E-state index in [1.165, 1.54) is 6.07 Å². The summed E-state index contributed by atoms with van der Waals surface area (Å²) < 4.78 is 0. The van der Waals surface area contributed by atoms with Gasteiger partial charge in [0.1, 0.15) is 5.69 Å². The molecule has 1 N–H and O–H groups in total. The molecule has 0 bridgehead atoms. The average molecular weight is 267 g/mol. The molecule has 20 heavy (non-hydrogen) atoms. The SMILES string of the molecule is Cc1ccccc1CNc1ccc(C#N)cc1[N+](=O)[O-]. The highest BCUT2D eigenvalue weighted by Crippen LogP contribution is 2.26. The fourth-order valence-electron chi connectivity index (χ4n) is 1.90. The highest BCUT2D eigenvalue weighted by atomic mass is 16.6. The van der Waals surface area contributed by atoms with Crippen molar-refractivity contribution in [1.82, 2.24) is 0 Å². The van der Waals surface area contributed by atoms with Gasteiger partial charge in [-0.2, -0.15) is 5.26 Å². The summed E-state index contributed by atoms with van der Waals surface area (Å²) in [6, 6.07) is 14.1. The van der Waals surface area contributed by atoms with Crippen LogP contribution in [0.3, 0.4) is 0 Å². The van der Waals surface area contributed by atoms with Gasteiger partial charge < -0.3 is 5.32 Å². The highest BCUT2D eigenvalue weighted by molar-refractivity contribution is 5.64. The molecule has 5 nitrogen and oxygen atoms in total. The zero-order valence-electron chi connectivity index (χ0n) is 11.0. The second-order valence-electron chi connectivity index (χ2n) is 4.38. The third-order valence-corrected chi connectivity index (χ3v) is 3.05. The van der Waals surface area contributed by atoms with Crippen LogP contribution in [0, 0.1) is 28.4 Å². The lowest BCUT2D eigenvalue weighted by Crippen LogP contribution is -2.04. The molecule has 0 aliphatic heterocycles. The van der Waals surface area contributed by atoms with Crippen LogP contribution in [0.5, 0.6) is 0 Å². The van der Waals surface area contributed by atoms with Gasteiger partial charge in [0.25, 0.3) is 5.69 Å². The number of nitro groups is 1. The van der Waals surface area contributed by atoms with Gasteiger partial charge in [-0.1, -0.05) is 24.3 Å². The fraction of sp³-hybridized carbons (Fsp3) is 0.133. The predicted octanol–water partition coefficient (Wildman–Crippen LogP) is 3.39. The maximum Gasteiger partial charge on any atom is 0.293 e. The molecule has 5 heteroatoms. The molecule has 0 aliphatic rings. The summed E-state index contributed by atoms with van der Waals surface area (Å²) in [4.78, 5) is 10.5. The molecule has 0 heterocycles. The summed E-state index contributed by atoms with van der Waals surface area (Å²) in [7, 11) is 0. The van der Waals surface area contributed by atoms with Crippen LogP contribution in [0.2, 0.25) is 0 Å². The third-order valence-electron chi connectivity index (χ3n) is 3.05. The molecule has 0 fully saturated rings. The van der Waals surface area contributed by atoms with E-state index in [2.05, 4.69) is 5.32 Å². The van der Waals surface area contributed by atoms with Crippen LogP contribution >= 0.6 is 0 Å². The molecule has 100 valence electrons. The lowest BCUT2D eigenvalue weighted by atomic mass is 10.1. The largest absolute Gasteiger partial charge is 0.375 e. The van der Waals surface area contributed by atoms with Crippen molar-refractivity contribution in [3.8, 4) is 6.07 Å². The van der Waals surface area contributed by atoms with Crippen LogP contribution in [0.4, 0.5) is 11.4 Å². The third kappa shape index (κ3) is 2.93. The van der Waals surface area contributed by atoms with E-state index in [0.717, 1.165) is 11.1 Å².